The lowest BCUT2D eigenvalue weighted by Gasteiger charge is -2.18. The highest BCUT2D eigenvalue weighted by Gasteiger charge is 2.49. The molecule has 1 fully saturated rings. The molecule has 1 atom stereocenters. The third-order valence-corrected chi connectivity index (χ3v) is 5.79. The molecule has 0 radical (unpaired) electrons. The van der Waals surface area contributed by atoms with Crippen LogP contribution in [0, 0.1) is 6.92 Å². The predicted octanol–water partition coefficient (Wildman–Crippen LogP) is 3.87. The number of imidazole rings is 1. The number of rotatable bonds is 4. The van der Waals surface area contributed by atoms with Crippen molar-refractivity contribution in [1.82, 2.24) is 24.4 Å². The van der Waals surface area contributed by atoms with Crippen molar-refractivity contribution in [2.24, 2.45) is 0 Å². The average molecular weight is 466 g/mol. The molecular formula is C23H20F2N6O3. The summed E-state index contributed by atoms with van der Waals surface area (Å²) < 4.78 is 34.8. The lowest BCUT2D eigenvalue weighted by Crippen LogP contribution is -2.31. The highest BCUT2D eigenvalue weighted by Crippen LogP contribution is 2.41. The molecule has 0 saturated carbocycles. The summed E-state index contributed by atoms with van der Waals surface area (Å²) in [5, 5.41) is 6.79. The summed E-state index contributed by atoms with van der Waals surface area (Å²) in [4.78, 5) is 34.2. The van der Waals surface area contributed by atoms with E-state index in [4.69, 9.17) is 4.52 Å². The first-order valence-corrected chi connectivity index (χ1v) is 10.5. The number of fused-ring (bicyclic) bond motifs is 1. The van der Waals surface area contributed by atoms with Crippen molar-refractivity contribution < 1.29 is 22.9 Å². The Kier molecular flexibility index (Phi) is 5.11. The van der Waals surface area contributed by atoms with Gasteiger partial charge in [-0.3, -0.25) is 14.0 Å². The molecule has 0 aliphatic carbocycles. The molecule has 3 aromatic heterocycles. The number of amides is 2. The van der Waals surface area contributed by atoms with Crippen molar-refractivity contribution in [3.8, 4) is 11.4 Å². The van der Waals surface area contributed by atoms with Crippen LogP contribution >= 0.6 is 0 Å². The van der Waals surface area contributed by atoms with E-state index < -0.39 is 30.8 Å². The number of likely N-dealkylation sites (tertiary alicyclic amines) is 1. The van der Waals surface area contributed by atoms with Gasteiger partial charge in [0.2, 0.25) is 17.6 Å². The van der Waals surface area contributed by atoms with Crippen LogP contribution in [0.15, 0.2) is 53.3 Å². The Hall–Kier alpha value is -4.15. The van der Waals surface area contributed by atoms with Crippen LogP contribution < -0.4 is 5.32 Å². The summed E-state index contributed by atoms with van der Waals surface area (Å²) in [6, 6.07) is 9.63. The Bertz CT molecular complexity index is 1410. The fourth-order valence-corrected chi connectivity index (χ4v) is 4.04. The van der Waals surface area contributed by atoms with Gasteiger partial charge in [0.15, 0.2) is 0 Å². The van der Waals surface area contributed by atoms with E-state index in [0.29, 0.717) is 22.6 Å². The minimum absolute atomic E-state index is 0.0562. The van der Waals surface area contributed by atoms with Crippen LogP contribution in [-0.2, 0) is 4.79 Å². The topological polar surface area (TPSA) is 106 Å². The van der Waals surface area contributed by atoms with E-state index in [0.717, 1.165) is 10.5 Å². The highest BCUT2D eigenvalue weighted by molar-refractivity contribution is 6.04. The number of aryl methyl sites for hydroxylation is 1. The molecule has 0 bridgehead atoms. The molecule has 34 heavy (non-hydrogen) atoms. The normalized spacial score (nSPS) is 17.3. The molecule has 1 aliphatic heterocycles. The van der Waals surface area contributed by atoms with E-state index in [9.17, 15) is 18.4 Å². The van der Waals surface area contributed by atoms with E-state index in [1.54, 1.807) is 40.9 Å². The van der Waals surface area contributed by atoms with Crippen LogP contribution in [0.2, 0.25) is 0 Å². The van der Waals surface area contributed by atoms with E-state index in [1.807, 2.05) is 13.0 Å². The Morgan fingerprint density at radius 2 is 2.06 bits per heavy atom. The van der Waals surface area contributed by atoms with Crippen LogP contribution in [0.1, 0.15) is 41.3 Å². The van der Waals surface area contributed by atoms with Gasteiger partial charge in [-0.1, -0.05) is 23.4 Å². The number of hydrogen-bond acceptors (Lipinski definition) is 6. The summed E-state index contributed by atoms with van der Waals surface area (Å²) in [6.07, 6.45) is 2.66. The minimum atomic E-state index is -3.02. The van der Waals surface area contributed by atoms with Crippen LogP contribution in [0.5, 0.6) is 0 Å². The van der Waals surface area contributed by atoms with Gasteiger partial charge < -0.3 is 14.7 Å². The van der Waals surface area contributed by atoms with Crippen molar-refractivity contribution in [3.63, 3.8) is 0 Å². The molecule has 4 aromatic rings. The molecule has 1 aromatic carbocycles. The zero-order chi connectivity index (χ0) is 24.0. The first-order chi connectivity index (χ1) is 16.2. The van der Waals surface area contributed by atoms with Crippen molar-refractivity contribution >= 4 is 23.1 Å². The molecule has 0 unspecified atom stereocenters. The standard InChI is InChI=1S/C23H20F2N6O3/c1-13-6-7-15(9-16(13)27-21(33)18-11-26-19-5-3-4-8-30(18)19)20-28-22(34-29-20)17-10-23(24,25)12-31(17)14(2)32/h3-9,11,17H,10,12H2,1-2H3,(H,27,33)/t17-/m0/s1. The molecule has 0 spiro atoms. The summed E-state index contributed by atoms with van der Waals surface area (Å²) in [6.45, 7) is 2.37. The Labute approximate surface area is 192 Å². The summed E-state index contributed by atoms with van der Waals surface area (Å²) in [7, 11) is 0. The SMILES string of the molecule is CC(=O)N1CC(F)(F)C[C@H]1c1nc(-c2ccc(C)c(NC(=O)c3cnc4ccccn34)c2)no1. The maximum absolute atomic E-state index is 13.9. The number of halogens is 2. The number of hydrogen-bond donors (Lipinski definition) is 1. The first-order valence-electron chi connectivity index (χ1n) is 10.5. The number of alkyl halides is 2. The maximum Gasteiger partial charge on any atom is 0.274 e. The largest absolute Gasteiger partial charge is 0.337 e. The number of pyridine rings is 1. The monoisotopic (exact) mass is 466 g/mol. The van der Waals surface area contributed by atoms with Gasteiger partial charge >= 0.3 is 0 Å². The second-order valence-corrected chi connectivity index (χ2v) is 8.24. The fourth-order valence-electron chi connectivity index (χ4n) is 4.04. The van der Waals surface area contributed by atoms with Crippen molar-refractivity contribution in [2.75, 3.05) is 11.9 Å². The summed E-state index contributed by atoms with van der Waals surface area (Å²) in [5.74, 6) is -3.75. The Morgan fingerprint density at radius 1 is 1.24 bits per heavy atom. The number of aromatic nitrogens is 4. The van der Waals surface area contributed by atoms with Gasteiger partial charge in [0.25, 0.3) is 11.8 Å². The number of nitrogens with zero attached hydrogens (tertiary/aromatic N) is 5. The van der Waals surface area contributed by atoms with Gasteiger partial charge in [0, 0.05) is 30.8 Å². The Balaban J connectivity index is 1.41. The zero-order valence-electron chi connectivity index (χ0n) is 18.3. The number of carbonyl (C=O) groups excluding carboxylic acids is 2. The lowest BCUT2D eigenvalue weighted by atomic mass is 10.1. The predicted molar refractivity (Wildman–Crippen MR) is 117 cm³/mol. The van der Waals surface area contributed by atoms with Crippen LogP contribution in [-0.4, -0.2) is 48.7 Å². The fraction of sp³-hybridized carbons (Fsp3) is 0.261. The number of benzene rings is 1. The lowest BCUT2D eigenvalue weighted by molar-refractivity contribution is -0.131. The molecule has 1 saturated heterocycles. The smallest absolute Gasteiger partial charge is 0.274 e. The number of carbonyl (C=O) groups is 2. The molecule has 174 valence electrons. The van der Waals surface area contributed by atoms with Gasteiger partial charge in [-0.25, -0.2) is 13.8 Å². The van der Waals surface area contributed by atoms with Gasteiger partial charge in [-0.15, -0.1) is 0 Å². The molecule has 1 N–H and O–H groups in total. The quantitative estimate of drug-likeness (QED) is 0.490. The second kappa shape index (κ2) is 8.01. The number of anilines is 1. The van der Waals surface area contributed by atoms with Gasteiger partial charge in [-0.05, 0) is 30.7 Å². The molecule has 11 heteroatoms. The van der Waals surface area contributed by atoms with Crippen molar-refractivity contribution in [3.05, 3.63) is 65.9 Å². The second-order valence-electron chi connectivity index (χ2n) is 8.24. The summed E-state index contributed by atoms with van der Waals surface area (Å²) in [5.41, 5.74) is 2.86. The van der Waals surface area contributed by atoms with E-state index in [1.165, 1.54) is 13.1 Å². The van der Waals surface area contributed by atoms with Crippen LogP contribution in [0.4, 0.5) is 14.5 Å². The van der Waals surface area contributed by atoms with E-state index in [2.05, 4.69) is 20.4 Å². The Morgan fingerprint density at radius 3 is 2.85 bits per heavy atom. The minimum Gasteiger partial charge on any atom is -0.337 e. The average Bonchev–Trinajstić information content (AvgIpc) is 3.51. The molecule has 1 aliphatic rings. The van der Waals surface area contributed by atoms with Crippen molar-refractivity contribution in [2.45, 2.75) is 32.2 Å². The van der Waals surface area contributed by atoms with Crippen molar-refractivity contribution in [1.29, 1.82) is 0 Å². The maximum atomic E-state index is 13.9. The molecule has 4 heterocycles. The van der Waals surface area contributed by atoms with Gasteiger partial charge in [-0.2, -0.15) is 4.98 Å². The van der Waals surface area contributed by atoms with E-state index >= 15 is 0 Å². The van der Waals surface area contributed by atoms with Crippen LogP contribution in [0.3, 0.4) is 0 Å². The molecule has 2 amide bonds. The molecule has 9 nitrogen and oxygen atoms in total. The molecular weight excluding hydrogens is 446 g/mol. The van der Waals surface area contributed by atoms with Crippen LogP contribution in [0.25, 0.3) is 17.0 Å². The highest BCUT2D eigenvalue weighted by atomic mass is 19.3. The van der Waals surface area contributed by atoms with Gasteiger partial charge in [0.1, 0.15) is 17.4 Å². The third-order valence-electron chi connectivity index (χ3n) is 5.79. The summed E-state index contributed by atoms with van der Waals surface area (Å²) >= 11 is 0. The number of nitrogens with one attached hydrogen (secondary N) is 1. The first kappa shape index (κ1) is 21.7. The van der Waals surface area contributed by atoms with E-state index in [-0.39, 0.29) is 17.6 Å². The third kappa shape index (κ3) is 3.89. The molecule has 5 rings (SSSR count). The zero-order valence-corrected chi connectivity index (χ0v) is 18.3. The van der Waals surface area contributed by atoms with Gasteiger partial charge in [0.05, 0.1) is 12.7 Å².